The van der Waals surface area contributed by atoms with E-state index >= 15 is 0 Å². The number of nitrogens with one attached hydrogen (secondary N) is 1. The molecule has 0 unspecified atom stereocenters. The molecule has 0 saturated heterocycles. The van der Waals surface area contributed by atoms with Gasteiger partial charge in [-0.05, 0) is 71.8 Å². The van der Waals surface area contributed by atoms with Crippen molar-refractivity contribution in [3.8, 4) is 5.75 Å². The van der Waals surface area contributed by atoms with Crippen molar-refractivity contribution in [3.63, 3.8) is 0 Å². The number of rotatable bonds is 5. The molecule has 0 spiro atoms. The van der Waals surface area contributed by atoms with Gasteiger partial charge in [-0.25, -0.2) is 5.43 Å². The molecule has 2 aromatic rings. The van der Waals surface area contributed by atoms with Gasteiger partial charge >= 0.3 is 0 Å². The molecule has 1 N–H and O–H groups in total. The van der Waals surface area contributed by atoms with Gasteiger partial charge in [-0.15, -0.1) is 0 Å². The monoisotopic (exact) mass is 432 g/mol. The zero-order valence-corrected chi connectivity index (χ0v) is 14.9. The quantitative estimate of drug-likeness (QED) is 0.445. The van der Waals surface area contributed by atoms with E-state index in [4.69, 9.17) is 20.8 Å². The number of hydrogen-bond acceptors (Lipinski definition) is 4. The Kier molecular flexibility index (Phi) is 5.84. The summed E-state index contributed by atoms with van der Waals surface area (Å²) in [5.74, 6) is 0.802. The zero-order valence-electron chi connectivity index (χ0n) is 12.0. The smallest absolute Gasteiger partial charge is 0.277 e. The molecule has 1 amide bonds. The number of carbonyl (C=O) groups excluding carboxylic acids is 1. The van der Waals surface area contributed by atoms with Gasteiger partial charge < -0.3 is 9.15 Å². The minimum Gasteiger partial charge on any atom is -0.484 e. The topological polar surface area (TPSA) is 63.8 Å². The Hall–Kier alpha value is -1.54. The first-order valence-corrected chi connectivity index (χ1v) is 7.88. The highest BCUT2D eigenvalue weighted by Crippen LogP contribution is 2.25. The molecule has 0 aliphatic carbocycles. The first kappa shape index (κ1) is 16.8. The van der Waals surface area contributed by atoms with E-state index in [-0.39, 0.29) is 12.5 Å². The molecule has 116 valence electrons. The highest BCUT2D eigenvalue weighted by atomic mass is 127. The summed E-state index contributed by atoms with van der Waals surface area (Å²) in [4.78, 5) is 11.6. The van der Waals surface area contributed by atoms with Crippen molar-refractivity contribution in [2.45, 2.75) is 13.8 Å². The first-order valence-electron chi connectivity index (χ1n) is 6.42. The molecule has 22 heavy (non-hydrogen) atoms. The number of hydrogen-bond donors (Lipinski definition) is 1. The van der Waals surface area contributed by atoms with Gasteiger partial charge in [0.25, 0.3) is 5.91 Å². The lowest BCUT2D eigenvalue weighted by Gasteiger charge is -2.09. The second kappa shape index (κ2) is 7.64. The fraction of sp³-hybridized carbons (Fsp3) is 0.200. The average molecular weight is 433 g/mol. The standard InChI is InChI=1S/C15H14ClIN2O3/c1-9-5-12(6-10(2)15(9)16)21-8-14(20)19-18-7-11-3-4-13(17)22-11/h3-7H,8H2,1-2H3,(H,19,20). The lowest BCUT2D eigenvalue weighted by atomic mass is 10.1. The number of amides is 1. The summed E-state index contributed by atoms with van der Waals surface area (Å²) in [5.41, 5.74) is 4.18. The van der Waals surface area contributed by atoms with Crippen molar-refractivity contribution in [1.29, 1.82) is 0 Å². The Morgan fingerprint density at radius 2 is 2.09 bits per heavy atom. The minimum atomic E-state index is -0.359. The van der Waals surface area contributed by atoms with E-state index in [1.165, 1.54) is 6.21 Å². The van der Waals surface area contributed by atoms with Crippen LogP contribution in [0.1, 0.15) is 16.9 Å². The third-order valence-electron chi connectivity index (χ3n) is 2.75. The summed E-state index contributed by atoms with van der Waals surface area (Å²) in [5, 5.41) is 4.50. The molecule has 1 heterocycles. The predicted octanol–water partition coefficient (Wildman–Crippen LogP) is 3.68. The van der Waals surface area contributed by atoms with Crippen molar-refractivity contribution in [2.75, 3.05) is 6.61 Å². The Morgan fingerprint density at radius 3 is 2.68 bits per heavy atom. The number of nitrogens with zero attached hydrogens (tertiary/aromatic N) is 1. The maximum absolute atomic E-state index is 11.6. The molecule has 0 aliphatic rings. The molecule has 1 aromatic heterocycles. The SMILES string of the molecule is Cc1cc(OCC(=O)NN=Cc2ccc(I)o2)cc(C)c1Cl. The van der Waals surface area contributed by atoms with Crippen molar-refractivity contribution >= 4 is 46.3 Å². The largest absolute Gasteiger partial charge is 0.484 e. The van der Waals surface area contributed by atoms with E-state index in [1.807, 2.05) is 36.4 Å². The predicted molar refractivity (Wildman–Crippen MR) is 93.6 cm³/mol. The van der Waals surface area contributed by atoms with Gasteiger partial charge in [-0.3, -0.25) is 4.79 Å². The fourth-order valence-electron chi connectivity index (χ4n) is 1.74. The average Bonchev–Trinajstić information content (AvgIpc) is 2.88. The van der Waals surface area contributed by atoms with Crippen LogP contribution in [0, 0.1) is 17.6 Å². The molecule has 0 fully saturated rings. The summed E-state index contributed by atoms with van der Waals surface area (Å²) in [6, 6.07) is 7.14. The molecule has 7 heteroatoms. The van der Waals surface area contributed by atoms with Crippen LogP contribution in [0.25, 0.3) is 0 Å². The molecule has 2 rings (SSSR count). The van der Waals surface area contributed by atoms with Crippen LogP contribution in [-0.2, 0) is 4.79 Å². The Bertz CT molecular complexity index is 690. The summed E-state index contributed by atoms with van der Waals surface area (Å²) >= 11 is 8.13. The number of furan rings is 1. The Balaban J connectivity index is 1.84. The molecular weight excluding hydrogens is 419 g/mol. The van der Waals surface area contributed by atoms with Crippen molar-refractivity contribution < 1.29 is 13.9 Å². The van der Waals surface area contributed by atoms with E-state index in [9.17, 15) is 4.79 Å². The maximum Gasteiger partial charge on any atom is 0.277 e. The van der Waals surface area contributed by atoms with Crippen LogP contribution in [0.3, 0.4) is 0 Å². The first-order chi connectivity index (χ1) is 10.5. The highest BCUT2D eigenvalue weighted by Gasteiger charge is 2.06. The second-order valence-electron chi connectivity index (χ2n) is 4.59. The molecule has 5 nitrogen and oxygen atoms in total. The molecule has 0 atom stereocenters. The Morgan fingerprint density at radius 1 is 1.41 bits per heavy atom. The van der Waals surface area contributed by atoms with Crippen LogP contribution in [-0.4, -0.2) is 18.7 Å². The fourth-order valence-corrected chi connectivity index (χ4v) is 2.28. The Labute approximate surface area is 146 Å². The molecule has 0 saturated carbocycles. The van der Waals surface area contributed by atoms with Crippen LogP contribution in [0.5, 0.6) is 5.75 Å². The van der Waals surface area contributed by atoms with Gasteiger partial charge in [-0.2, -0.15) is 5.10 Å². The number of hydrazone groups is 1. The number of ether oxygens (including phenoxy) is 1. The van der Waals surface area contributed by atoms with Gasteiger partial charge in [0, 0.05) is 5.02 Å². The number of carbonyl (C=O) groups is 1. The van der Waals surface area contributed by atoms with E-state index in [0.29, 0.717) is 16.5 Å². The summed E-state index contributed by atoms with van der Waals surface area (Å²) in [7, 11) is 0. The lowest BCUT2D eigenvalue weighted by Crippen LogP contribution is -2.24. The van der Waals surface area contributed by atoms with E-state index < -0.39 is 0 Å². The van der Waals surface area contributed by atoms with E-state index in [1.54, 1.807) is 24.3 Å². The molecule has 0 aliphatic heterocycles. The second-order valence-corrected chi connectivity index (χ2v) is 6.04. The van der Waals surface area contributed by atoms with Gasteiger partial charge in [0.2, 0.25) is 0 Å². The zero-order chi connectivity index (χ0) is 16.1. The third-order valence-corrected chi connectivity index (χ3v) is 3.93. The lowest BCUT2D eigenvalue weighted by molar-refractivity contribution is -0.123. The van der Waals surface area contributed by atoms with Crippen molar-refractivity contribution in [1.82, 2.24) is 5.43 Å². The number of benzene rings is 1. The van der Waals surface area contributed by atoms with Gasteiger partial charge in [0.05, 0.1) is 6.21 Å². The molecule has 0 radical (unpaired) electrons. The highest BCUT2D eigenvalue weighted by molar-refractivity contribution is 14.1. The number of halogens is 2. The van der Waals surface area contributed by atoms with Crippen molar-refractivity contribution in [3.05, 3.63) is 49.9 Å². The van der Waals surface area contributed by atoms with Crippen LogP contribution < -0.4 is 10.2 Å². The van der Waals surface area contributed by atoms with Crippen LogP contribution in [0.15, 0.2) is 33.8 Å². The minimum absolute atomic E-state index is 0.131. The van der Waals surface area contributed by atoms with E-state index in [0.717, 1.165) is 14.9 Å². The van der Waals surface area contributed by atoms with E-state index in [2.05, 4.69) is 10.5 Å². The molecule has 1 aromatic carbocycles. The maximum atomic E-state index is 11.6. The number of aryl methyl sites for hydroxylation is 2. The van der Waals surface area contributed by atoms with Gasteiger partial charge in [0.1, 0.15) is 11.5 Å². The van der Waals surface area contributed by atoms with Crippen LogP contribution >= 0.6 is 34.2 Å². The van der Waals surface area contributed by atoms with Gasteiger partial charge in [-0.1, -0.05) is 11.6 Å². The van der Waals surface area contributed by atoms with Crippen molar-refractivity contribution in [2.24, 2.45) is 5.10 Å². The summed E-state index contributed by atoms with van der Waals surface area (Å²) < 4.78 is 11.4. The molecule has 0 bridgehead atoms. The summed E-state index contributed by atoms with van der Waals surface area (Å²) in [6.45, 7) is 3.64. The normalized spacial score (nSPS) is 10.9. The van der Waals surface area contributed by atoms with Gasteiger partial charge in [0.15, 0.2) is 10.4 Å². The van der Waals surface area contributed by atoms with Crippen LogP contribution in [0.4, 0.5) is 0 Å². The third kappa shape index (κ3) is 4.74. The van der Waals surface area contributed by atoms with Crippen LogP contribution in [0.2, 0.25) is 5.02 Å². The summed E-state index contributed by atoms with van der Waals surface area (Å²) in [6.07, 6.45) is 1.43. The molecular formula is C15H14ClIN2O3.